The Morgan fingerprint density at radius 3 is 2.24 bits per heavy atom. The molecule has 0 aliphatic carbocycles. The number of nitrogens with zero attached hydrogens (tertiary/aromatic N) is 4. The van der Waals surface area contributed by atoms with Gasteiger partial charge in [0.25, 0.3) is 11.8 Å². The molecule has 0 N–H and O–H groups in total. The van der Waals surface area contributed by atoms with Gasteiger partial charge < -0.3 is 24.2 Å². The fourth-order valence-electron chi connectivity index (χ4n) is 5.35. The van der Waals surface area contributed by atoms with Crippen molar-refractivity contribution in [1.82, 2.24) is 14.8 Å². The van der Waals surface area contributed by atoms with E-state index in [0.29, 0.717) is 69.3 Å². The van der Waals surface area contributed by atoms with E-state index in [-0.39, 0.29) is 17.4 Å². The SMILES string of the molecule is COc1ccc(N2CCN(C(=O)c3csc(C4CCN(C(=O)c5ccccc5C(F)(F)F)CC4)n3)CC2)c(OC)c1. The van der Waals surface area contributed by atoms with E-state index in [9.17, 15) is 22.8 Å². The molecule has 218 valence electrons. The summed E-state index contributed by atoms with van der Waals surface area (Å²) in [5.74, 6) is 0.735. The van der Waals surface area contributed by atoms with Crippen LogP contribution in [0.5, 0.6) is 11.5 Å². The predicted octanol–water partition coefficient (Wildman–Crippen LogP) is 5.16. The Balaban J connectivity index is 1.16. The van der Waals surface area contributed by atoms with E-state index in [2.05, 4.69) is 9.88 Å². The summed E-state index contributed by atoms with van der Waals surface area (Å²) in [5.41, 5.74) is 0.103. The molecular weight excluding hydrogens is 557 g/mol. The van der Waals surface area contributed by atoms with E-state index in [4.69, 9.17) is 9.47 Å². The topological polar surface area (TPSA) is 75.2 Å². The smallest absolute Gasteiger partial charge is 0.417 e. The van der Waals surface area contributed by atoms with Gasteiger partial charge in [-0.1, -0.05) is 12.1 Å². The van der Waals surface area contributed by atoms with Crippen LogP contribution in [0.3, 0.4) is 0 Å². The first-order valence-corrected chi connectivity index (χ1v) is 14.2. The number of piperidine rings is 1. The van der Waals surface area contributed by atoms with Gasteiger partial charge in [-0.3, -0.25) is 9.59 Å². The number of piperazine rings is 1. The lowest BCUT2D eigenvalue weighted by Crippen LogP contribution is -2.49. The van der Waals surface area contributed by atoms with Crippen LogP contribution in [0.2, 0.25) is 0 Å². The Bertz CT molecular complexity index is 1400. The Hall–Kier alpha value is -3.80. The third-order valence-electron chi connectivity index (χ3n) is 7.63. The van der Waals surface area contributed by atoms with Crippen molar-refractivity contribution in [3.05, 3.63) is 69.7 Å². The molecule has 2 aliphatic heterocycles. The molecule has 0 spiro atoms. The molecule has 5 rings (SSSR count). The van der Waals surface area contributed by atoms with Crippen molar-refractivity contribution < 1.29 is 32.2 Å². The molecule has 2 fully saturated rings. The zero-order chi connectivity index (χ0) is 29.1. The summed E-state index contributed by atoms with van der Waals surface area (Å²) in [5, 5.41) is 2.59. The normalized spacial score (nSPS) is 16.6. The predicted molar refractivity (Wildman–Crippen MR) is 149 cm³/mol. The van der Waals surface area contributed by atoms with Crippen molar-refractivity contribution in [3.63, 3.8) is 0 Å². The molecule has 2 aliphatic rings. The fraction of sp³-hybridized carbons (Fsp3) is 0.414. The average Bonchev–Trinajstić information content (AvgIpc) is 3.50. The zero-order valence-electron chi connectivity index (χ0n) is 22.8. The number of anilines is 1. The van der Waals surface area contributed by atoms with Crippen LogP contribution in [0.4, 0.5) is 18.9 Å². The monoisotopic (exact) mass is 588 g/mol. The van der Waals surface area contributed by atoms with Crippen LogP contribution >= 0.6 is 11.3 Å². The lowest BCUT2D eigenvalue weighted by Gasteiger charge is -2.36. The number of halogens is 3. The van der Waals surface area contributed by atoms with Crippen molar-refractivity contribution in [2.24, 2.45) is 0 Å². The third-order valence-corrected chi connectivity index (χ3v) is 8.64. The number of alkyl halides is 3. The number of thiazole rings is 1. The number of aromatic nitrogens is 1. The highest BCUT2D eigenvalue weighted by Gasteiger charge is 2.37. The molecule has 3 aromatic rings. The van der Waals surface area contributed by atoms with Gasteiger partial charge in [0, 0.05) is 56.6 Å². The molecule has 2 saturated heterocycles. The lowest BCUT2D eigenvalue weighted by molar-refractivity contribution is -0.138. The van der Waals surface area contributed by atoms with Crippen molar-refractivity contribution in [3.8, 4) is 11.5 Å². The fourth-order valence-corrected chi connectivity index (χ4v) is 6.31. The Kier molecular flexibility index (Phi) is 8.39. The summed E-state index contributed by atoms with van der Waals surface area (Å²) >= 11 is 1.42. The minimum Gasteiger partial charge on any atom is -0.497 e. The van der Waals surface area contributed by atoms with Crippen molar-refractivity contribution in [2.75, 3.05) is 58.4 Å². The van der Waals surface area contributed by atoms with Gasteiger partial charge in [0.2, 0.25) is 0 Å². The van der Waals surface area contributed by atoms with E-state index in [1.165, 1.54) is 34.4 Å². The number of carbonyl (C=O) groups excluding carboxylic acids is 2. The van der Waals surface area contributed by atoms with Crippen LogP contribution in [0.25, 0.3) is 0 Å². The third kappa shape index (κ3) is 6.12. The van der Waals surface area contributed by atoms with Crippen LogP contribution in [-0.4, -0.2) is 80.1 Å². The summed E-state index contributed by atoms with van der Waals surface area (Å²) in [7, 11) is 3.22. The molecule has 0 bridgehead atoms. The van der Waals surface area contributed by atoms with Crippen LogP contribution in [0, 0.1) is 0 Å². The summed E-state index contributed by atoms with van der Waals surface area (Å²) in [6.45, 7) is 3.04. The van der Waals surface area contributed by atoms with E-state index >= 15 is 0 Å². The molecule has 0 unspecified atom stereocenters. The highest BCUT2D eigenvalue weighted by atomic mass is 32.1. The lowest BCUT2D eigenvalue weighted by atomic mass is 9.96. The molecule has 0 radical (unpaired) electrons. The Morgan fingerprint density at radius 1 is 0.902 bits per heavy atom. The van der Waals surface area contributed by atoms with E-state index in [0.717, 1.165) is 16.8 Å². The first-order chi connectivity index (χ1) is 19.7. The van der Waals surface area contributed by atoms with Crippen LogP contribution in [0.1, 0.15) is 50.2 Å². The largest absolute Gasteiger partial charge is 0.497 e. The molecule has 2 amide bonds. The number of benzene rings is 2. The van der Waals surface area contributed by atoms with Gasteiger partial charge in [-0.2, -0.15) is 13.2 Å². The minimum atomic E-state index is -4.59. The quantitative estimate of drug-likeness (QED) is 0.396. The highest BCUT2D eigenvalue weighted by molar-refractivity contribution is 7.09. The maximum absolute atomic E-state index is 13.4. The van der Waals surface area contributed by atoms with E-state index in [1.54, 1.807) is 24.5 Å². The van der Waals surface area contributed by atoms with Crippen LogP contribution in [-0.2, 0) is 6.18 Å². The van der Waals surface area contributed by atoms with Crippen LogP contribution in [0.15, 0.2) is 47.8 Å². The number of methoxy groups -OCH3 is 2. The number of hydrogen-bond acceptors (Lipinski definition) is 7. The maximum atomic E-state index is 13.4. The van der Waals surface area contributed by atoms with Gasteiger partial charge in [0.1, 0.15) is 17.2 Å². The Morgan fingerprint density at radius 2 is 1.59 bits per heavy atom. The molecule has 0 saturated carbocycles. The van der Waals surface area contributed by atoms with E-state index < -0.39 is 17.6 Å². The summed E-state index contributed by atoms with van der Waals surface area (Å²) < 4.78 is 51.0. The highest BCUT2D eigenvalue weighted by Crippen LogP contribution is 2.36. The second kappa shape index (κ2) is 12.0. The van der Waals surface area contributed by atoms with Gasteiger partial charge >= 0.3 is 6.18 Å². The number of hydrogen-bond donors (Lipinski definition) is 0. The molecule has 41 heavy (non-hydrogen) atoms. The molecule has 0 atom stereocenters. The Labute approximate surface area is 240 Å². The van der Waals surface area contributed by atoms with Gasteiger partial charge in [-0.25, -0.2) is 4.98 Å². The van der Waals surface area contributed by atoms with Gasteiger partial charge in [-0.15, -0.1) is 11.3 Å². The minimum absolute atomic E-state index is 0.0443. The standard InChI is InChI=1S/C29H31F3N4O4S/c1-39-20-7-8-24(25(17-20)40-2)34-13-15-36(16-14-34)28(38)23-18-41-26(33-23)19-9-11-35(12-10-19)27(37)21-5-3-4-6-22(21)29(30,31)32/h3-8,17-19H,9-16H2,1-2H3. The molecular formula is C29H31F3N4O4S. The van der Waals surface area contributed by atoms with Crippen molar-refractivity contribution in [2.45, 2.75) is 24.9 Å². The number of ether oxygens (including phenoxy) is 2. The first kappa shape index (κ1) is 28.7. The average molecular weight is 589 g/mol. The van der Waals surface area contributed by atoms with Gasteiger partial charge in [0.15, 0.2) is 0 Å². The molecule has 8 nitrogen and oxygen atoms in total. The maximum Gasteiger partial charge on any atom is 0.417 e. The van der Waals surface area contributed by atoms with E-state index in [1.807, 2.05) is 18.2 Å². The summed E-state index contributed by atoms with van der Waals surface area (Å²) in [6, 6.07) is 10.6. The zero-order valence-corrected chi connectivity index (χ0v) is 23.6. The van der Waals surface area contributed by atoms with Crippen molar-refractivity contribution >= 4 is 28.8 Å². The molecule has 3 heterocycles. The first-order valence-electron chi connectivity index (χ1n) is 13.4. The van der Waals surface area contributed by atoms with Crippen molar-refractivity contribution in [1.29, 1.82) is 0 Å². The number of likely N-dealkylation sites (tertiary alicyclic amines) is 1. The molecule has 12 heteroatoms. The summed E-state index contributed by atoms with van der Waals surface area (Å²) in [4.78, 5) is 36.2. The molecule has 1 aromatic heterocycles. The second-order valence-electron chi connectivity index (χ2n) is 10.00. The number of rotatable bonds is 6. The number of amides is 2. The number of carbonyl (C=O) groups is 2. The second-order valence-corrected chi connectivity index (χ2v) is 10.9. The summed E-state index contributed by atoms with van der Waals surface area (Å²) in [6.07, 6.45) is -3.45. The van der Waals surface area contributed by atoms with Gasteiger partial charge in [-0.05, 0) is 37.1 Å². The van der Waals surface area contributed by atoms with Gasteiger partial charge in [0.05, 0.1) is 36.0 Å². The van der Waals surface area contributed by atoms with Crippen LogP contribution < -0.4 is 14.4 Å². The molecule has 2 aromatic carbocycles.